The molecule has 0 bridgehead atoms. The Labute approximate surface area is 144 Å². The van der Waals surface area contributed by atoms with Crippen LogP contribution in [0.4, 0.5) is 0 Å². The zero-order valence-electron chi connectivity index (χ0n) is 15.9. The standard InChI is InChI=1S/C20H41NO2/c1-4-5-6-7-8-9-10-11-12-13-14-15-16-17-20(18(2)21)23-19(3)22/h18,20H,4-17,21H2,1-3H3/t18-,20+/m0/s1. The number of ether oxygens (including phenoxy) is 1. The van der Waals surface area contributed by atoms with Crippen LogP contribution in [0.1, 0.15) is 111 Å². The second-order valence-corrected chi connectivity index (χ2v) is 7.04. The van der Waals surface area contributed by atoms with Crippen LogP contribution in [-0.2, 0) is 9.53 Å². The number of carbonyl (C=O) groups excluding carboxylic acids is 1. The first-order valence-corrected chi connectivity index (χ1v) is 10.0. The molecule has 0 rings (SSSR count). The van der Waals surface area contributed by atoms with Crippen LogP contribution >= 0.6 is 0 Å². The lowest BCUT2D eigenvalue weighted by Gasteiger charge is -2.20. The van der Waals surface area contributed by atoms with Gasteiger partial charge in [-0.1, -0.05) is 84.0 Å². The van der Waals surface area contributed by atoms with E-state index in [4.69, 9.17) is 10.5 Å². The third-order valence-corrected chi connectivity index (χ3v) is 4.50. The van der Waals surface area contributed by atoms with Crippen LogP contribution in [0.3, 0.4) is 0 Å². The molecule has 138 valence electrons. The topological polar surface area (TPSA) is 52.3 Å². The van der Waals surface area contributed by atoms with Crippen molar-refractivity contribution in [2.75, 3.05) is 0 Å². The van der Waals surface area contributed by atoms with Crippen LogP contribution in [-0.4, -0.2) is 18.1 Å². The van der Waals surface area contributed by atoms with Gasteiger partial charge in [0.2, 0.25) is 0 Å². The van der Waals surface area contributed by atoms with Crippen molar-refractivity contribution in [3.05, 3.63) is 0 Å². The predicted molar refractivity (Wildman–Crippen MR) is 99.5 cm³/mol. The van der Waals surface area contributed by atoms with Crippen LogP contribution in [0.5, 0.6) is 0 Å². The van der Waals surface area contributed by atoms with Crippen molar-refractivity contribution in [3.63, 3.8) is 0 Å². The lowest BCUT2D eigenvalue weighted by atomic mass is 10.0. The summed E-state index contributed by atoms with van der Waals surface area (Å²) in [5, 5.41) is 0. The third-order valence-electron chi connectivity index (χ3n) is 4.50. The molecule has 0 aromatic carbocycles. The van der Waals surface area contributed by atoms with Gasteiger partial charge in [0, 0.05) is 13.0 Å². The van der Waals surface area contributed by atoms with Gasteiger partial charge < -0.3 is 10.5 Å². The summed E-state index contributed by atoms with van der Waals surface area (Å²) in [4.78, 5) is 11.0. The lowest BCUT2D eigenvalue weighted by molar-refractivity contribution is -0.147. The minimum absolute atomic E-state index is 0.0729. The monoisotopic (exact) mass is 327 g/mol. The number of unbranched alkanes of at least 4 members (excludes halogenated alkanes) is 12. The second kappa shape index (κ2) is 16.3. The highest BCUT2D eigenvalue weighted by Crippen LogP contribution is 2.14. The van der Waals surface area contributed by atoms with E-state index < -0.39 is 0 Å². The molecule has 2 N–H and O–H groups in total. The fourth-order valence-electron chi connectivity index (χ4n) is 3.01. The molecule has 0 aliphatic heterocycles. The van der Waals surface area contributed by atoms with Crippen LogP contribution in [0.2, 0.25) is 0 Å². The van der Waals surface area contributed by atoms with Crippen molar-refractivity contribution in [1.82, 2.24) is 0 Å². The highest BCUT2D eigenvalue weighted by Gasteiger charge is 2.15. The summed E-state index contributed by atoms with van der Waals surface area (Å²) in [5.41, 5.74) is 5.85. The molecule has 0 aromatic rings. The minimum atomic E-state index is -0.220. The highest BCUT2D eigenvalue weighted by atomic mass is 16.5. The third kappa shape index (κ3) is 16.1. The van der Waals surface area contributed by atoms with Crippen molar-refractivity contribution >= 4 is 5.97 Å². The SMILES string of the molecule is CCCCCCCCCCCCCCC[C@@H](OC(C)=O)[C@H](C)N. The molecule has 0 spiro atoms. The van der Waals surface area contributed by atoms with Crippen LogP contribution in [0.15, 0.2) is 0 Å². The van der Waals surface area contributed by atoms with Gasteiger partial charge in [0.1, 0.15) is 6.10 Å². The van der Waals surface area contributed by atoms with Crippen molar-refractivity contribution in [2.45, 2.75) is 123 Å². The molecule has 0 fully saturated rings. The van der Waals surface area contributed by atoms with E-state index in [1.54, 1.807) is 0 Å². The molecule has 0 radical (unpaired) electrons. The fourth-order valence-corrected chi connectivity index (χ4v) is 3.01. The van der Waals surface area contributed by atoms with Crippen molar-refractivity contribution in [1.29, 1.82) is 0 Å². The Balaban J connectivity index is 3.30. The van der Waals surface area contributed by atoms with E-state index in [9.17, 15) is 4.79 Å². The van der Waals surface area contributed by atoms with E-state index in [1.807, 2.05) is 6.92 Å². The van der Waals surface area contributed by atoms with Gasteiger partial charge in [0.15, 0.2) is 0 Å². The number of carbonyl (C=O) groups is 1. The molecule has 0 aliphatic rings. The van der Waals surface area contributed by atoms with E-state index in [2.05, 4.69) is 6.92 Å². The summed E-state index contributed by atoms with van der Waals surface area (Å²) in [6.45, 7) is 5.64. The number of nitrogens with two attached hydrogens (primary N) is 1. The van der Waals surface area contributed by atoms with Gasteiger partial charge in [0.05, 0.1) is 0 Å². The largest absolute Gasteiger partial charge is 0.461 e. The molecular formula is C20H41NO2. The number of rotatable bonds is 16. The highest BCUT2D eigenvalue weighted by molar-refractivity contribution is 5.66. The normalized spacial score (nSPS) is 13.7. The molecule has 0 saturated heterocycles. The maximum absolute atomic E-state index is 11.0. The first kappa shape index (κ1) is 22.4. The van der Waals surface area contributed by atoms with Gasteiger partial charge in [-0.25, -0.2) is 0 Å². The molecule has 2 atom stereocenters. The molecule has 23 heavy (non-hydrogen) atoms. The maximum Gasteiger partial charge on any atom is 0.302 e. The molecular weight excluding hydrogens is 286 g/mol. The van der Waals surface area contributed by atoms with E-state index in [0.717, 1.165) is 12.8 Å². The van der Waals surface area contributed by atoms with Crippen LogP contribution in [0, 0.1) is 0 Å². The molecule has 3 heteroatoms. The van der Waals surface area contributed by atoms with Gasteiger partial charge >= 0.3 is 5.97 Å². The average molecular weight is 328 g/mol. The Morgan fingerprint density at radius 1 is 0.826 bits per heavy atom. The Kier molecular flexibility index (Phi) is 15.9. The van der Waals surface area contributed by atoms with Gasteiger partial charge in [0.25, 0.3) is 0 Å². The Morgan fingerprint density at radius 2 is 1.22 bits per heavy atom. The van der Waals surface area contributed by atoms with Crippen molar-refractivity contribution in [2.24, 2.45) is 5.73 Å². The van der Waals surface area contributed by atoms with E-state index in [0.29, 0.717) is 0 Å². The Hall–Kier alpha value is -0.570. The molecule has 0 amide bonds. The maximum atomic E-state index is 11.0. The van der Waals surface area contributed by atoms with Gasteiger partial charge in [-0.2, -0.15) is 0 Å². The second-order valence-electron chi connectivity index (χ2n) is 7.04. The summed E-state index contributed by atoms with van der Waals surface area (Å²) in [6, 6.07) is -0.0729. The summed E-state index contributed by atoms with van der Waals surface area (Å²) < 4.78 is 5.25. The van der Waals surface area contributed by atoms with Crippen molar-refractivity contribution < 1.29 is 9.53 Å². The number of esters is 1. The summed E-state index contributed by atoms with van der Waals surface area (Å²) in [5.74, 6) is -0.220. The first-order valence-electron chi connectivity index (χ1n) is 10.0. The van der Waals surface area contributed by atoms with Gasteiger partial charge in [-0.05, 0) is 19.8 Å². The predicted octanol–water partition coefficient (Wildman–Crippen LogP) is 5.75. The van der Waals surface area contributed by atoms with Crippen LogP contribution in [0.25, 0.3) is 0 Å². The van der Waals surface area contributed by atoms with Gasteiger partial charge in [-0.3, -0.25) is 4.79 Å². The zero-order chi connectivity index (χ0) is 17.3. The van der Waals surface area contributed by atoms with E-state index >= 15 is 0 Å². The Morgan fingerprint density at radius 3 is 1.57 bits per heavy atom. The van der Waals surface area contributed by atoms with Gasteiger partial charge in [-0.15, -0.1) is 0 Å². The zero-order valence-corrected chi connectivity index (χ0v) is 15.9. The van der Waals surface area contributed by atoms with E-state index in [1.165, 1.54) is 84.0 Å². The number of hydrogen-bond acceptors (Lipinski definition) is 3. The van der Waals surface area contributed by atoms with Crippen LogP contribution < -0.4 is 5.73 Å². The summed E-state index contributed by atoms with van der Waals surface area (Å²) in [7, 11) is 0. The molecule has 0 aromatic heterocycles. The quantitative estimate of drug-likeness (QED) is 0.290. The lowest BCUT2D eigenvalue weighted by Crippen LogP contribution is -2.35. The summed E-state index contributed by atoms with van der Waals surface area (Å²) >= 11 is 0. The molecule has 0 heterocycles. The molecule has 0 unspecified atom stereocenters. The minimum Gasteiger partial charge on any atom is -0.461 e. The smallest absolute Gasteiger partial charge is 0.302 e. The number of hydrogen-bond donors (Lipinski definition) is 1. The first-order chi connectivity index (χ1) is 11.1. The molecule has 0 saturated carbocycles. The average Bonchev–Trinajstić information content (AvgIpc) is 2.50. The summed E-state index contributed by atoms with van der Waals surface area (Å²) in [6.07, 6.45) is 18.4. The fraction of sp³-hybridized carbons (Fsp3) is 0.950. The Bertz CT molecular complexity index is 266. The molecule has 3 nitrogen and oxygen atoms in total. The van der Waals surface area contributed by atoms with E-state index in [-0.39, 0.29) is 18.1 Å². The molecule has 0 aliphatic carbocycles. The van der Waals surface area contributed by atoms with Crippen molar-refractivity contribution in [3.8, 4) is 0 Å².